The second-order valence-electron chi connectivity index (χ2n) is 2.87. The van der Waals surface area contributed by atoms with Gasteiger partial charge in [0.2, 0.25) is 5.82 Å². The van der Waals surface area contributed by atoms with Crippen molar-refractivity contribution in [1.82, 2.24) is 20.0 Å². The fourth-order valence-electron chi connectivity index (χ4n) is 1.29. The highest BCUT2D eigenvalue weighted by molar-refractivity contribution is 5.91. The fourth-order valence-corrected chi connectivity index (χ4v) is 1.29. The molecule has 2 heterocycles. The molecule has 0 saturated carbocycles. The Hall–Kier alpha value is -3.01. The zero-order valence-corrected chi connectivity index (χ0v) is 8.25. The minimum Gasteiger partial charge on any atom is -0.569 e. The highest BCUT2D eigenvalue weighted by Gasteiger charge is 2.28. The summed E-state index contributed by atoms with van der Waals surface area (Å²) in [6, 6.07) is 0. The van der Waals surface area contributed by atoms with E-state index in [1.165, 1.54) is 7.05 Å². The fraction of sp³-hybridized carbons (Fsp3) is 0.200. The molecule has 17 heavy (non-hydrogen) atoms. The van der Waals surface area contributed by atoms with Gasteiger partial charge in [0.1, 0.15) is 0 Å². The van der Waals surface area contributed by atoms with Crippen LogP contribution < -0.4 is 4.96 Å². The molecule has 2 aromatic rings. The number of aromatic nitrogens is 5. The van der Waals surface area contributed by atoms with Gasteiger partial charge in [0.05, 0.1) is 22.2 Å². The molecule has 0 aromatic carbocycles. The second-order valence-corrected chi connectivity index (χ2v) is 2.87. The summed E-state index contributed by atoms with van der Waals surface area (Å²) in [4.78, 5) is 12.3. The molecule has 2 aromatic heterocycles. The van der Waals surface area contributed by atoms with E-state index in [1.54, 1.807) is 0 Å². The van der Waals surface area contributed by atoms with Crippen LogP contribution in [0.2, 0.25) is 0 Å². The van der Waals surface area contributed by atoms with Gasteiger partial charge in [-0.3, -0.25) is 0 Å². The van der Waals surface area contributed by atoms with Gasteiger partial charge >= 0.3 is 5.82 Å². The Bertz CT molecular complexity index is 669. The van der Waals surface area contributed by atoms with E-state index in [0.717, 1.165) is 4.68 Å². The molecule has 0 saturated heterocycles. The van der Waals surface area contributed by atoms with Gasteiger partial charge in [-0.1, -0.05) is 0 Å². The minimum atomic E-state index is -0.781. The van der Waals surface area contributed by atoms with Crippen molar-refractivity contribution in [3.63, 3.8) is 0 Å². The molecule has 0 N–H and O–H groups in total. The lowest BCUT2D eigenvalue weighted by molar-refractivity contribution is -0.725. The summed E-state index contributed by atoms with van der Waals surface area (Å²) >= 11 is 0. The summed E-state index contributed by atoms with van der Waals surface area (Å²) < 4.78 is 1.03. The van der Waals surface area contributed by atoms with Crippen LogP contribution in [0.4, 0.5) is 11.6 Å². The molecule has 12 heteroatoms. The summed E-state index contributed by atoms with van der Waals surface area (Å²) in [5, 5.41) is 34.8. The molecule has 0 fully saturated rings. The van der Waals surface area contributed by atoms with Crippen molar-refractivity contribution in [1.29, 1.82) is 0 Å². The lowest BCUT2D eigenvalue weighted by Crippen LogP contribution is -2.35. The molecule has 0 radical (unpaired) electrons. The van der Waals surface area contributed by atoms with Crippen LogP contribution in [0.3, 0.4) is 0 Å². The van der Waals surface area contributed by atoms with Gasteiger partial charge in [0, 0.05) is 10.0 Å². The maximum Gasteiger partial charge on any atom is 0.402 e. The predicted molar refractivity (Wildman–Crippen MR) is 50.7 cm³/mol. The van der Waals surface area contributed by atoms with Crippen molar-refractivity contribution >= 4 is 22.7 Å². The van der Waals surface area contributed by atoms with Crippen LogP contribution in [-0.4, -0.2) is 24.9 Å². The number of rotatable bonds is 2. The molecule has 86 valence electrons. The van der Waals surface area contributed by atoms with Crippen molar-refractivity contribution in [3.05, 3.63) is 25.8 Å². The van der Waals surface area contributed by atoms with Gasteiger partial charge < -0.3 is 15.3 Å². The van der Waals surface area contributed by atoms with Gasteiger partial charge in [0.25, 0.3) is 5.65 Å². The maximum absolute atomic E-state index is 11.0. The number of hydrogen-bond donors (Lipinski definition) is 0. The number of nitro groups is 1. The highest BCUT2D eigenvalue weighted by atomic mass is 16.6. The van der Waals surface area contributed by atoms with Crippen LogP contribution in [0.5, 0.6) is 0 Å². The number of nitrogens with zero attached hydrogens (tertiary/aromatic N) is 9. The largest absolute Gasteiger partial charge is 0.569 e. The molecule has 0 unspecified atom stereocenters. The van der Waals surface area contributed by atoms with E-state index in [4.69, 9.17) is 5.53 Å². The first kappa shape index (κ1) is 10.5. The Morgan fingerprint density at radius 3 is 2.88 bits per heavy atom. The van der Waals surface area contributed by atoms with E-state index in [1.807, 2.05) is 0 Å². The maximum atomic E-state index is 11.0. The predicted octanol–water partition coefficient (Wildman–Crippen LogP) is -0.153. The van der Waals surface area contributed by atoms with E-state index in [2.05, 4.69) is 25.3 Å². The first-order valence-corrected chi connectivity index (χ1v) is 4.09. The van der Waals surface area contributed by atoms with Crippen molar-refractivity contribution in [3.8, 4) is 0 Å². The first-order chi connectivity index (χ1) is 8.04. The topological polar surface area (TPSA) is 162 Å². The average molecular weight is 237 g/mol. The van der Waals surface area contributed by atoms with Crippen molar-refractivity contribution in [2.45, 2.75) is 0 Å². The Labute approximate surface area is 91.4 Å². The highest BCUT2D eigenvalue weighted by Crippen LogP contribution is 2.28. The monoisotopic (exact) mass is 237 g/mol. The molecule has 0 aliphatic rings. The first-order valence-electron chi connectivity index (χ1n) is 4.09. The van der Waals surface area contributed by atoms with Crippen molar-refractivity contribution in [2.75, 3.05) is 0 Å². The molecule has 0 amide bonds. The summed E-state index contributed by atoms with van der Waals surface area (Å²) in [5.41, 5.74) is 8.20. The number of aryl methyl sites for hydroxylation is 1. The molecule has 0 spiro atoms. The Morgan fingerprint density at radius 1 is 1.59 bits per heavy atom. The molecule has 0 aliphatic heterocycles. The third-order valence-corrected chi connectivity index (χ3v) is 1.89. The third kappa shape index (κ3) is 1.53. The van der Waals surface area contributed by atoms with Gasteiger partial charge in [-0.05, 0) is 15.6 Å². The van der Waals surface area contributed by atoms with Crippen LogP contribution in [0.1, 0.15) is 0 Å². The van der Waals surface area contributed by atoms with Crippen molar-refractivity contribution < 1.29 is 9.88 Å². The van der Waals surface area contributed by atoms with Gasteiger partial charge in [-0.2, -0.15) is 4.68 Å². The molecule has 2 rings (SSSR count). The Balaban J connectivity index is 2.97. The molecule has 0 bridgehead atoms. The van der Waals surface area contributed by atoms with E-state index in [0.29, 0.717) is 0 Å². The molecule has 12 nitrogen and oxygen atoms in total. The van der Waals surface area contributed by atoms with Crippen LogP contribution >= 0.6 is 0 Å². The standard InChI is InChI=1S/C5H3N9O3/c1-12-4-2(5(9-12)13(15)16)3(7-11-6)8-14(17)10-4/h1H3. The molecular formula is C5H3N9O3. The van der Waals surface area contributed by atoms with Crippen molar-refractivity contribution in [2.24, 2.45) is 12.2 Å². The number of hydrogen-bond acceptors (Lipinski definition) is 7. The van der Waals surface area contributed by atoms with E-state index in [9.17, 15) is 15.3 Å². The van der Waals surface area contributed by atoms with Crippen LogP contribution in [0, 0.1) is 15.3 Å². The smallest absolute Gasteiger partial charge is 0.402 e. The summed E-state index contributed by atoms with van der Waals surface area (Å²) in [5.74, 6) is -1.02. The minimum absolute atomic E-state index is 0.0934. The zero-order chi connectivity index (χ0) is 12.6. The molecule has 0 aliphatic carbocycles. The van der Waals surface area contributed by atoms with E-state index >= 15 is 0 Å². The average Bonchev–Trinajstić information content (AvgIpc) is 2.57. The van der Waals surface area contributed by atoms with E-state index in [-0.39, 0.29) is 16.0 Å². The number of fused-ring (bicyclic) bond motifs is 1. The Morgan fingerprint density at radius 2 is 2.29 bits per heavy atom. The normalized spacial score (nSPS) is 10.2. The Kier molecular flexibility index (Phi) is 2.18. The third-order valence-electron chi connectivity index (χ3n) is 1.89. The van der Waals surface area contributed by atoms with E-state index < -0.39 is 16.6 Å². The second kappa shape index (κ2) is 3.53. The van der Waals surface area contributed by atoms with Crippen LogP contribution in [-0.2, 0) is 7.05 Å². The SMILES string of the molecule is Cn1nc([N+](=O)[O-])c2c(N=[N+]=[N-])n[n+]([O-])nc21. The van der Waals surface area contributed by atoms with Gasteiger partial charge in [0.15, 0.2) is 5.39 Å². The molecular weight excluding hydrogens is 234 g/mol. The van der Waals surface area contributed by atoms with Crippen LogP contribution in [0.25, 0.3) is 21.5 Å². The molecule has 0 atom stereocenters. The summed E-state index contributed by atoms with van der Waals surface area (Å²) in [6.07, 6.45) is 0. The lowest BCUT2D eigenvalue weighted by Gasteiger charge is -1.92. The summed E-state index contributed by atoms with van der Waals surface area (Å²) in [6.45, 7) is 0. The zero-order valence-electron chi connectivity index (χ0n) is 8.25. The number of azide groups is 1. The summed E-state index contributed by atoms with van der Waals surface area (Å²) in [7, 11) is 1.36. The van der Waals surface area contributed by atoms with Gasteiger partial charge in [-0.15, -0.1) is 0 Å². The van der Waals surface area contributed by atoms with Gasteiger partial charge in [-0.25, -0.2) is 0 Å². The van der Waals surface area contributed by atoms with Crippen LogP contribution in [0.15, 0.2) is 5.11 Å². The quantitative estimate of drug-likeness (QED) is 0.134. The lowest BCUT2D eigenvalue weighted by atomic mass is 10.4.